The molecule has 5 rings (SSSR count). The lowest BCUT2D eigenvalue weighted by Crippen LogP contribution is -2.49. The number of hydrogen-bond acceptors (Lipinski definition) is 5. The number of amides is 2. The van der Waals surface area contributed by atoms with Crippen molar-refractivity contribution in [3.63, 3.8) is 0 Å². The molecule has 2 saturated heterocycles. The van der Waals surface area contributed by atoms with Gasteiger partial charge in [-0.2, -0.15) is 13.2 Å². The number of halogens is 4. The van der Waals surface area contributed by atoms with Crippen LogP contribution in [0.4, 0.5) is 18.0 Å². The molecule has 0 radical (unpaired) electrons. The van der Waals surface area contributed by atoms with E-state index in [1.807, 2.05) is 6.07 Å². The number of carbonyl (C=O) groups is 2. The lowest BCUT2D eigenvalue weighted by Gasteiger charge is -2.26. The Kier molecular flexibility index (Phi) is 6.86. The normalized spacial score (nSPS) is 20.2. The van der Waals surface area contributed by atoms with Crippen molar-refractivity contribution in [1.82, 2.24) is 14.8 Å². The Morgan fingerprint density at radius 3 is 2.75 bits per heavy atom. The number of fused-ring (bicyclic) bond motifs is 1. The van der Waals surface area contributed by atoms with Crippen molar-refractivity contribution in [3.8, 4) is 0 Å². The molecule has 3 heterocycles. The number of aromatic nitrogens is 1. The summed E-state index contributed by atoms with van der Waals surface area (Å²) in [4.78, 5) is 26.8. The summed E-state index contributed by atoms with van der Waals surface area (Å²) in [6, 6.07) is 10.9. The molecule has 0 spiro atoms. The van der Waals surface area contributed by atoms with Gasteiger partial charge in [0.25, 0.3) is 11.1 Å². The molecule has 3 aromatic rings. The van der Waals surface area contributed by atoms with Gasteiger partial charge in [0.15, 0.2) is 0 Å². The van der Waals surface area contributed by atoms with E-state index in [0.717, 1.165) is 28.7 Å². The van der Waals surface area contributed by atoms with Crippen LogP contribution in [-0.4, -0.2) is 53.0 Å². The Hall–Kier alpha value is -2.79. The minimum atomic E-state index is -4.51. The van der Waals surface area contributed by atoms with Crippen LogP contribution >= 0.6 is 23.4 Å². The summed E-state index contributed by atoms with van der Waals surface area (Å²) in [6.07, 6.45) is -1.14. The van der Waals surface area contributed by atoms with Crippen molar-refractivity contribution >= 4 is 51.5 Å². The number of alkyl halides is 3. The first-order valence-electron chi connectivity index (χ1n) is 11.2. The molecule has 2 fully saturated rings. The number of imide groups is 1. The van der Waals surface area contributed by atoms with Crippen molar-refractivity contribution in [2.75, 3.05) is 26.3 Å². The fourth-order valence-electron chi connectivity index (χ4n) is 4.35. The Balaban J connectivity index is 1.36. The van der Waals surface area contributed by atoms with E-state index < -0.39 is 11.7 Å². The summed E-state index contributed by atoms with van der Waals surface area (Å²) >= 11 is 6.68. The van der Waals surface area contributed by atoms with Crippen LogP contribution in [0.15, 0.2) is 53.6 Å². The van der Waals surface area contributed by atoms with Crippen LogP contribution in [0.5, 0.6) is 0 Å². The molecule has 2 amide bonds. The third-order valence-corrected chi connectivity index (χ3v) is 7.23. The zero-order valence-corrected chi connectivity index (χ0v) is 20.4. The smallest absolute Gasteiger partial charge is 0.378 e. The second-order valence-corrected chi connectivity index (χ2v) is 10.0. The number of morpholine rings is 1. The minimum absolute atomic E-state index is 0.0205. The van der Waals surface area contributed by atoms with Gasteiger partial charge in [-0.25, -0.2) is 0 Å². The fraction of sp³-hybridized carbons (Fsp3) is 0.280. The quantitative estimate of drug-likeness (QED) is 0.444. The molecular weight excluding hydrogens is 515 g/mol. The lowest BCUT2D eigenvalue weighted by atomic mass is 10.1. The fourth-order valence-corrected chi connectivity index (χ4v) is 5.37. The van der Waals surface area contributed by atoms with Gasteiger partial charge in [0.1, 0.15) is 0 Å². The van der Waals surface area contributed by atoms with Crippen LogP contribution in [0.2, 0.25) is 5.02 Å². The van der Waals surface area contributed by atoms with Gasteiger partial charge in [0, 0.05) is 47.8 Å². The Morgan fingerprint density at radius 2 is 2.00 bits per heavy atom. The summed E-state index contributed by atoms with van der Waals surface area (Å²) in [7, 11) is 0. The van der Waals surface area contributed by atoms with Gasteiger partial charge in [-0.15, -0.1) is 0 Å². The van der Waals surface area contributed by atoms with Gasteiger partial charge >= 0.3 is 6.18 Å². The molecule has 0 bridgehead atoms. The van der Waals surface area contributed by atoms with Gasteiger partial charge < -0.3 is 14.6 Å². The maximum Gasteiger partial charge on any atom is 0.416 e. The Bertz CT molecular complexity index is 1370. The second-order valence-electron chi connectivity index (χ2n) is 8.58. The van der Waals surface area contributed by atoms with E-state index in [4.69, 9.17) is 16.3 Å². The second kappa shape index (κ2) is 9.93. The number of benzene rings is 2. The first-order valence-corrected chi connectivity index (χ1v) is 12.4. The first kappa shape index (κ1) is 24.9. The average Bonchev–Trinajstić information content (AvgIpc) is 3.35. The number of thioether (sulfide) groups is 1. The highest BCUT2D eigenvalue weighted by molar-refractivity contribution is 8.18. The summed E-state index contributed by atoms with van der Waals surface area (Å²) in [5.41, 5.74) is 0.804. The number of hydrogen-bond donors (Lipinski definition) is 1. The van der Waals surface area contributed by atoms with Crippen LogP contribution in [0, 0.1) is 0 Å². The monoisotopic (exact) mass is 535 g/mol. The third-order valence-electron chi connectivity index (χ3n) is 6.09. The first-order chi connectivity index (χ1) is 17.2. The van der Waals surface area contributed by atoms with E-state index in [1.54, 1.807) is 35.0 Å². The van der Waals surface area contributed by atoms with Crippen molar-refractivity contribution in [2.24, 2.45) is 0 Å². The van der Waals surface area contributed by atoms with E-state index in [-0.39, 0.29) is 40.9 Å². The van der Waals surface area contributed by atoms with Gasteiger partial charge in [0.05, 0.1) is 23.7 Å². The molecule has 188 valence electrons. The standard InChI is InChI=1S/C25H21ClF3N3O3S/c26-18-3-2-17(20(11-18)25(27,28)29)12-31-7-5-16-9-15(1-4-21(16)31)10-22-23(33)32(24(34)36-22)13-19-14-35-8-6-30-19/h1-5,7,9-11,19,30H,6,8,12-14H2/b22-10-/t19-/m0/s1. The van der Waals surface area contributed by atoms with Gasteiger partial charge in [0.2, 0.25) is 0 Å². The highest BCUT2D eigenvalue weighted by Gasteiger charge is 2.37. The molecule has 2 aliphatic heterocycles. The van der Waals surface area contributed by atoms with Crippen molar-refractivity contribution < 1.29 is 27.5 Å². The number of ether oxygens (including phenoxy) is 1. The highest BCUT2D eigenvalue weighted by atomic mass is 35.5. The van der Waals surface area contributed by atoms with Crippen LogP contribution in [0.3, 0.4) is 0 Å². The van der Waals surface area contributed by atoms with E-state index in [9.17, 15) is 22.8 Å². The van der Waals surface area contributed by atoms with Crippen LogP contribution < -0.4 is 5.32 Å². The molecule has 11 heteroatoms. The Labute approximate surface area is 214 Å². The van der Waals surface area contributed by atoms with Gasteiger partial charge in [-0.3, -0.25) is 14.5 Å². The predicted octanol–water partition coefficient (Wildman–Crippen LogP) is 5.39. The van der Waals surface area contributed by atoms with E-state index in [1.165, 1.54) is 17.0 Å². The molecule has 2 aliphatic rings. The van der Waals surface area contributed by atoms with Gasteiger partial charge in [-0.1, -0.05) is 23.7 Å². The maximum atomic E-state index is 13.5. The zero-order valence-electron chi connectivity index (χ0n) is 18.8. The third kappa shape index (κ3) is 5.17. The highest BCUT2D eigenvalue weighted by Crippen LogP contribution is 2.35. The van der Waals surface area contributed by atoms with Crippen LogP contribution in [0.1, 0.15) is 16.7 Å². The molecule has 1 N–H and O–H groups in total. The van der Waals surface area contributed by atoms with Crippen LogP contribution in [0.25, 0.3) is 17.0 Å². The van der Waals surface area contributed by atoms with E-state index in [0.29, 0.717) is 30.2 Å². The number of rotatable bonds is 5. The topological polar surface area (TPSA) is 63.6 Å². The van der Waals surface area contributed by atoms with Crippen LogP contribution in [-0.2, 0) is 22.3 Å². The summed E-state index contributed by atoms with van der Waals surface area (Å²) in [5, 5.41) is 3.74. The molecule has 2 aromatic carbocycles. The number of nitrogens with zero attached hydrogens (tertiary/aromatic N) is 2. The van der Waals surface area contributed by atoms with Crippen molar-refractivity contribution in [3.05, 3.63) is 75.3 Å². The molecular formula is C25H21ClF3N3O3S. The molecule has 1 atom stereocenters. The average molecular weight is 536 g/mol. The molecule has 1 aromatic heterocycles. The number of carbonyl (C=O) groups excluding carboxylic acids is 2. The minimum Gasteiger partial charge on any atom is -0.378 e. The largest absolute Gasteiger partial charge is 0.416 e. The zero-order chi connectivity index (χ0) is 25.4. The van der Waals surface area contributed by atoms with E-state index >= 15 is 0 Å². The van der Waals surface area contributed by atoms with E-state index in [2.05, 4.69) is 5.32 Å². The predicted molar refractivity (Wildman–Crippen MR) is 133 cm³/mol. The molecule has 0 saturated carbocycles. The molecule has 0 aliphatic carbocycles. The maximum absolute atomic E-state index is 13.5. The summed E-state index contributed by atoms with van der Waals surface area (Å²) in [5.74, 6) is -0.350. The van der Waals surface area contributed by atoms with Crippen molar-refractivity contribution in [1.29, 1.82) is 0 Å². The molecule has 0 unspecified atom stereocenters. The summed E-state index contributed by atoms with van der Waals surface area (Å²) in [6.45, 7) is 1.98. The molecule has 36 heavy (non-hydrogen) atoms. The SMILES string of the molecule is O=C1S/C(=C\c2ccc3c(ccn3Cc3ccc(Cl)cc3C(F)(F)F)c2)C(=O)N1C[C@H]1COCCN1. The van der Waals surface area contributed by atoms with Crippen molar-refractivity contribution in [2.45, 2.75) is 18.8 Å². The molecule has 6 nitrogen and oxygen atoms in total. The summed E-state index contributed by atoms with van der Waals surface area (Å²) < 4.78 is 47.6. The Morgan fingerprint density at radius 1 is 1.17 bits per heavy atom. The number of nitrogens with one attached hydrogen (secondary N) is 1. The lowest BCUT2D eigenvalue weighted by molar-refractivity contribution is -0.138. The van der Waals surface area contributed by atoms with Gasteiger partial charge in [-0.05, 0) is 59.3 Å².